The Labute approximate surface area is 249 Å². The second-order valence-electron chi connectivity index (χ2n) is 9.94. The van der Waals surface area contributed by atoms with Crippen LogP contribution in [0.3, 0.4) is 0 Å². The van der Waals surface area contributed by atoms with E-state index in [9.17, 15) is 31.9 Å². The Morgan fingerprint density at radius 3 is 2.55 bits per heavy atom. The molecule has 0 fully saturated rings. The minimum Gasteiger partial charge on any atom is -0.484 e. The van der Waals surface area contributed by atoms with Crippen molar-refractivity contribution in [1.82, 2.24) is 35.3 Å². The van der Waals surface area contributed by atoms with Gasteiger partial charge in [-0.15, -0.1) is 10.2 Å². The van der Waals surface area contributed by atoms with Crippen molar-refractivity contribution in [1.29, 1.82) is 0 Å². The summed E-state index contributed by atoms with van der Waals surface area (Å²) in [6.45, 7) is -1.53. The van der Waals surface area contributed by atoms with Gasteiger partial charge in [0.05, 0.1) is 32.0 Å². The van der Waals surface area contributed by atoms with Crippen LogP contribution in [-0.4, -0.2) is 66.6 Å². The van der Waals surface area contributed by atoms with Crippen LogP contribution in [0.2, 0.25) is 0 Å². The molecule has 0 aliphatic heterocycles. The molecule has 44 heavy (non-hydrogen) atoms. The number of aliphatic hydroxyl groups is 1. The largest absolute Gasteiger partial charge is 0.484 e. The average Bonchev–Trinajstić information content (AvgIpc) is 3.63. The van der Waals surface area contributed by atoms with Crippen LogP contribution in [-0.2, 0) is 37.3 Å². The minimum absolute atomic E-state index is 0.0176. The van der Waals surface area contributed by atoms with Crippen molar-refractivity contribution in [2.75, 3.05) is 18.6 Å². The molecule has 0 saturated carbocycles. The number of benzene rings is 2. The molecule has 4 aromatic rings. The first-order valence-electron chi connectivity index (χ1n) is 13.6. The van der Waals surface area contributed by atoms with Gasteiger partial charge >= 0.3 is 6.18 Å². The summed E-state index contributed by atoms with van der Waals surface area (Å²) in [5.74, 6) is -0.426. The van der Waals surface area contributed by atoms with Gasteiger partial charge in [-0.05, 0) is 28.8 Å². The molecule has 0 bridgehead atoms. The van der Waals surface area contributed by atoms with E-state index in [1.807, 2.05) is 24.3 Å². The highest BCUT2D eigenvalue weighted by Gasteiger charge is 2.28. The van der Waals surface area contributed by atoms with Gasteiger partial charge in [-0.25, -0.2) is 9.07 Å². The number of rotatable bonds is 16. The van der Waals surface area contributed by atoms with Crippen molar-refractivity contribution in [2.45, 2.75) is 57.5 Å². The molecule has 11 nitrogen and oxygen atoms in total. The van der Waals surface area contributed by atoms with E-state index in [4.69, 9.17) is 4.74 Å². The lowest BCUT2D eigenvalue weighted by atomic mass is 10.1. The number of aryl methyl sites for hydroxylation is 2. The maximum atomic E-state index is 14.7. The Morgan fingerprint density at radius 2 is 1.75 bits per heavy atom. The lowest BCUT2D eigenvalue weighted by molar-refractivity contribution is -0.153. The fourth-order valence-corrected chi connectivity index (χ4v) is 4.17. The summed E-state index contributed by atoms with van der Waals surface area (Å²) in [5.41, 5.74) is 2.43. The highest BCUT2D eigenvalue weighted by molar-refractivity contribution is 5.91. The van der Waals surface area contributed by atoms with Gasteiger partial charge in [0, 0.05) is 25.9 Å². The van der Waals surface area contributed by atoms with Crippen LogP contribution < -0.4 is 15.4 Å². The van der Waals surface area contributed by atoms with Crippen molar-refractivity contribution in [3.63, 3.8) is 0 Å². The Balaban J connectivity index is 1.18. The summed E-state index contributed by atoms with van der Waals surface area (Å²) in [7, 11) is 0. The van der Waals surface area contributed by atoms with E-state index in [0.29, 0.717) is 18.5 Å². The predicted molar refractivity (Wildman–Crippen MR) is 148 cm³/mol. The van der Waals surface area contributed by atoms with Crippen LogP contribution in [0, 0.1) is 0 Å². The number of carbonyl (C=O) groups is 1. The number of aromatic nitrogens is 6. The second kappa shape index (κ2) is 15.3. The fourth-order valence-electron chi connectivity index (χ4n) is 4.17. The van der Waals surface area contributed by atoms with Crippen LogP contribution in [0.5, 0.6) is 5.75 Å². The lowest BCUT2D eigenvalue weighted by Gasteiger charge is -2.11. The van der Waals surface area contributed by atoms with Gasteiger partial charge in [-0.1, -0.05) is 46.8 Å². The number of carbonyl (C=O) groups excluding carboxylic acids is 1. The number of ether oxygens (including phenoxy) is 1. The molecular formula is C28H31F5N8O3. The quantitative estimate of drug-likeness (QED) is 0.127. The number of halogens is 5. The van der Waals surface area contributed by atoms with E-state index in [1.54, 1.807) is 6.07 Å². The minimum atomic E-state index is -4.48. The molecule has 0 aliphatic carbocycles. The molecule has 2 heterocycles. The zero-order valence-corrected chi connectivity index (χ0v) is 23.4. The number of anilines is 1. The first kappa shape index (κ1) is 32.5. The summed E-state index contributed by atoms with van der Waals surface area (Å²) in [6.07, 6.45) is -3.84. The maximum absolute atomic E-state index is 14.7. The lowest BCUT2D eigenvalue weighted by Crippen LogP contribution is -2.20. The van der Waals surface area contributed by atoms with Crippen molar-refractivity contribution >= 4 is 11.7 Å². The molecule has 16 heteroatoms. The molecule has 3 N–H and O–H groups in total. The number of amides is 1. The Kier molecular flexibility index (Phi) is 11.3. The van der Waals surface area contributed by atoms with Crippen LogP contribution in [0.1, 0.15) is 35.0 Å². The predicted octanol–water partition coefficient (Wildman–Crippen LogP) is 3.71. The van der Waals surface area contributed by atoms with E-state index in [-0.39, 0.29) is 43.2 Å². The molecule has 0 radical (unpaired) electrons. The highest BCUT2D eigenvalue weighted by atomic mass is 19.4. The molecule has 0 saturated heterocycles. The third-order valence-electron chi connectivity index (χ3n) is 6.24. The standard InChI is InChI=1S/C28H31F5N8O3/c29-9-7-19-3-1-5-21(11-19)14-34-27(43)24-16-40(38-36-24)10-8-22(30)15-41-17-25(37-39-41)35-26(42)13-20-4-2-6-23(12-20)44-18-28(31,32)33/h1-6,11-12,16-17,22,27,34,43H,7-10,13-15,18H2,(H,35,42). The summed E-state index contributed by atoms with van der Waals surface area (Å²) >= 11 is 0. The first-order valence-corrected chi connectivity index (χ1v) is 13.6. The first-order chi connectivity index (χ1) is 21.1. The van der Waals surface area contributed by atoms with Gasteiger partial charge in [0.1, 0.15) is 17.6 Å². The molecule has 236 valence electrons. The summed E-state index contributed by atoms with van der Waals surface area (Å²) in [5, 5.41) is 31.3. The van der Waals surface area contributed by atoms with Gasteiger partial charge < -0.3 is 15.2 Å². The molecule has 0 spiro atoms. The van der Waals surface area contributed by atoms with Gasteiger partial charge in [0.2, 0.25) is 5.91 Å². The van der Waals surface area contributed by atoms with E-state index >= 15 is 0 Å². The van der Waals surface area contributed by atoms with Crippen LogP contribution in [0.4, 0.5) is 27.8 Å². The van der Waals surface area contributed by atoms with Crippen molar-refractivity contribution in [3.8, 4) is 5.75 Å². The van der Waals surface area contributed by atoms with Gasteiger partial charge in [-0.3, -0.25) is 19.2 Å². The number of hydrogen-bond acceptors (Lipinski definition) is 8. The van der Waals surface area contributed by atoms with E-state index in [2.05, 4.69) is 31.3 Å². The molecule has 1 amide bonds. The summed E-state index contributed by atoms with van der Waals surface area (Å²) in [6, 6.07) is 13.1. The van der Waals surface area contributed by atoms with E-state index in [0.717, 1.165) is 11.1 Å². The highest BCUT2D eigenvalue weighted by Crippen LogP contribution is 2.20. The Morgan fingerprint density at radius 1 is 1.00 bits per heavy atom. The Hall–Kier alpha value is -4.44. The normalized spacial score (nSPS) is 13.0. The van der Waals surface area contributed by atoms with Crippen LogP contribution in [0.15, 0.2) is 60.9 Å². The fraction of sp³-hybridized carbons (Fsp3) is 0.393. The van der Waals surface area contributed by atoms with Gasteiger partial charge in [0.25, 0.3) is 0 Å². The molecule has 2 unspecified atom stereocenters. The van der Waals surface area contributed by atoms with Crippen LogP contribution in [0.25, 0.3) is 0 Å². The zero-order chi connectivity index (χ0) is 31.5. The van der Waals surface area contributed by atoms with Gasteiger partial charge in [0.15, 0.2) is 18.7 Å². The number of nitrogens with zero attached hydrogens (tertiary/aromatic N) is 6. The average molecular weight is 623 g/mol. The van der Waals surface area contributed by atoms with Crippen LogP contribution >= 0.6 is 0 Å². The summed E-state index contributed by atoms with van der Waals surface area (Å²) in [4.78, 5) is 12.4. The molecular weight excluding hydrogens is 591 g/mol. The third-order valence-corrected chi connectivity index (χ3v) is 6.24. The second-order valence-corrected chi connectivity index (χ2v) is 9.94. The summed E-state index contributed by atoms with van der Waals surface area (Å²) < 4.78 is 71.7. The molecule has 2 aromatic heterocycles. The Bertz CT molecular complexity index is 1500. The zero-order valence-electron chi connectivity index (χ0n) is 23.4. The topological polar surface area (TPSA) is 132 Å². The van der Waals surface area contributed by atoms with Gasteiger partial charge in [-0.2, -0.15) is 13.2 Å². The van der Waals surface area contributed by atoms with Crippen molar-refractivity contribution in [3.05, 3.63) is 83.3 Å². The van der Waals surface area contributed by atoms with E-state index < -0.39 is 37.8 Å². The number of nitrogens with one attached hydrogen (secondary N) is 2. The number of hydrogen-bond donors (Lipinski definition) is 3. The smallest absolute Gasteiger partial charge is 0.422 e. The maximum Gasteiger partial charge on any atom is 0.422 e. The number of aliphatic hydroxyl groups excluding tert-OH is 1. The molecule has 0 aliphatic rings. The molecule has 2 aromatic carbocycles. The molecule has 4 rings (SSSR count). The number of alkyl halides is 5. The third kappa shape index (κ3) is 10.7. The van der Waals surface area contributed by atoms with E-state index in [1.165, 1.54) is 40.0 Å². The monoisotopic (exact) mass is 622 g/mol. The SMILES string of the molecule is O=C(Cc1cccc(OCC(F)(F)F)c1)Nc1cn(CC(F)CCn2cc(C(O)NCc3cccc(CCF)c3)nn2)nn1. The van der Waals surface area contributed by atoms with Crippen molar-refractivity contribution < 1.29 is 36.6 Å². The van der Waals surface area contributed by atoms with Crippen molar-refractivity contribution in [2.24, 2.45) is 0 Å². The molecule has 2 atom stereocenters.